The lowest BCUT2D eigenvalue weighted by Crippen LogP contribution is -2.08. The van der Waals surface area contributed by atoms with E-state index in [1.54, 1.807) is 0 Å². The lowest BCUT2D eigenvalue weighted by atomic mass is 10.0. The summed E-state index contributed by atoms with van der Waals surface area (Å²) in [5.41, 5.74) is 5.88. The number of nitrogens with zero attached hydrogens (tertiary/aromatic N) is 1. The van der Waals surface area contributed by atoms with Crippen molar-refractivity contribution in [2.75, 3.05) is 19.0 Å². The first-order chi connectivity index (χ1) is 10.1. The van der Waals surface area contributed by atoms with Crippen LogP contribution in [0.3, 0.4) is 0 Å². The van der Waals surface area contributed by atoms with Gasteiger partial charge in [-0.1, -0.05) is 38.6 Å². The van der Waals surface area contributed by atoms with Crippen LogP contribution in [0.4, 0.5) is 5.69 Å². The zero-order valence-corrected chi connectivity index (χ0v) is 13.8. The smallest absolute Gasteiger partial charge is 0.0361 e. The number of aromatic nitrogens is 1. The third-order valence-corrected chi connectivity index (χ3v) is 3.24. The van der Waals surface area contributed by atoms with Gasteiger partial charge in [-0.3, -0.25) is 0 Å². The highest BCUT2D eigenvalue weighted by molar-refractivity contribution is 5.87. The van der Waals surface area contributed by atoms with E-state index in [2.05, 4.69) is 59.8 Å². The number of rotatable bonds is 4. The molecule has 0 spiro atoms. The number of benzene rings is 1. The maximum Gasteiger partial charge on any atom is 0.0361 e. The fraction of sp³-hybridized carbons (Fsp3) is 0.263. The van der Waals surface area contributed by atoms with Crippen molar-refractivity contribution in [2.24, 2.45) is 0 Å². The van der Waals surface area contributed by atoms with Crippen molar-refractivity contribution in [2.45, 2.75) is 20.8 Å². The molecule has 2 heteroatoms. The largest absolute Gasteiger partial charge is 0.378 e. The molecule has 0 amide bonds. The van der Waals surface area contributed by atoms with Crippen LogP contribution in [-0.2, 0) is 0 Å². The number of allylic oxidation sites excluding steroid dienone is 2. The number of anilines is 1. The van der Waals surface area contributed by atoms with E-state index >= 15 is 0 Å². The van der Waals surface area contributed by atoms with Gasteiger partial charge in [0.1, 0.15) is 0 Å². The molecule has 21 heavy (non-hydrogen) atoms. The lowest BCUT2D eigenvalue weighted by molar-refractivity contribution is 1.13. The summed E-state index contributed by atoms with van der Waals surface area (Å²) < 4.78 is 0. The van der Waals surface area contributed by atoms with Gasteiger partial charge in [0.15, 0.2) is 0 Å². The summed E-state index contributed by atoms with van der Waals surface area (Å²) in [7, 11) is 4.09. The molecular formula is C19H26N2. The van der Waals surface area contributed by atoms with Gasteiger partial charge in [-0.25, -0.2) is 0 Å². The van der Waals surface area contributed by atoms with Gasteiger partial charge in [-0.15, -0.1) is 0 Å². The Morgan fingerprint density at radius 1 is 1.10 bits per heavy atom. The third kappa shape index (κ3) is 4.38. The summed E-state index contributed by atoms with van der Waals surface area (Å²) in [4.78, 5) is 5.28. The SMILES string of the molecule is C=C/C(=C\c1cc[nH]c1C)c1ccc(N(C)C)cc1.CC. The standard InChI is InChI=1S/C17H20N2.C2H6/c1-5-14(12-16-10-11-18-13(16)2)15-6-8-17(9-7-15)19(3)4;1-2/h5-12,18H,1H2,2-4H3;1-2H3/b14-12+;. The summed E-state index contributed by atoms with van der Waals surface area (Å²) in [5.74, 6) is 0. The minimum atomic E-state index is 1.13. The molecule has 0 fully saturated rings. The molecule has 1 N–H and O–H groups in total. The molecule has 2 rings (SSSR count). The van der Waals surface area contributed by atoms with E-state index < -0.39 is 0 Å². The molecule has 2 nitrogen and oxygen atoms in total. The van der Waals surface area contributed by atoms with Gasteiger partial charge < -0.3 is 9.88 Å². The fourth-order valence-corrected chi connectivity index (χ4v) is 2.00. The molecule has 0 unspecified atom stereocenters. The molecule has 2 aromatic rings. The molecule has 0 aliphatic carbocycles. The molecule has 1 aromatic carbocycles. The van der Waals surface area contributed by atoms with E-state index in [4.69, 9.17) is 0 Å². The number of H-pyrrole nitrogens is 1. The number of hydrogen-bond acceptors (Lipinski definition) is 1. The molecular weight excluding hydrogens is 256 g/mol. The van der Waals surface area contributed by atoms with Crippen LogP contribution in [0.1, 0.15) is 30.7 Å². The maximum atomic E-state index is 3.92. The van der Waals surface area contributed by atoms with Crippen molar-refractivity contribution in [3.63, 3.8) is 0 Å². The van der Waals surface area contributed by atoms with Gasteiger partial charge in [0.05, 0.1) is 0 Å². The summed E-state index contributed by atoms with van der Waals surface area (Å²) in [6.07, 6.45) is 6.01. The summed E-state index contributed by atoms with van der Waals surface area (Å²) in [6.45, 7) is 9.99. The molecule has 1 heterocycles. The number of aromatic amines is 1. The van der Waals surface area contributed by atoms with E-state index in [9.17, 15) is 0 Å². The Morgan fingerprint density at radius 2 is 1.71 bits per heavy atom. The zero-order chi connectivity index (χ0) is 15.8. The average molecular weight is 282 g/mol. The van der Waals surface area contributed by atoms with Crippen molar-refractivity contribution >= 4 is 17.3 Å². The highest BCUT2D eigenvalue weighted by Crippen LogP contribution is 2.23. The van der Waals surface area contributed by atoms with Crippen LogP contribution >= 0.6 is 0 Å². The van der Waals surface area contributed by atoms with E-state index in [-0.39, 0.29) is 0 Å². The molecule has 0 aliphatic heterocycles. The normalized spacial score (nSPS) is 10.6. The molecule has 0 aliphatic rings. The minimum absolute atomic E-state index is 1.13. The van der Waals surface area contributed by atoms with Crippen LogP contribution in [0.5, 0.6) is 0 Å². The molecule has 0 saturated carbocycles. The van der Waals surface area contributed by atoms with Crippen LogP contribution in [-0.4, -0.2) is 19.1 Å². The second-order valence-electron chi connectivity index (χ2n) is 4.80. The fourth-order valence-electron chi connectivity index (χ4n) is 2.00. The van der Waals surface area contributed by atoms with Crippen LogP contribution in [0.25, 0.3) is 11.6 Å². The van der Waals surface area contributed by atoms with Crippen molar-refractivity contribution in [1.82, 2.24) is 4.98 Å². The molecule has 1 aromatic heterocycles. The van der Waals surface area contributed by atoms with E-state index in [0.29, 0.717) is 0 Å². The topological polar surface area (TPSA) is 19.0 Å². The third-order valence-electron chi connectivity index (χ3n) is 3.24. The van der Waals surface area contributed by atoms with E-state index in [0.717, 1.165) is 5.57 Å². The van der Waals surface area contributed by atoms with Crippen molar-refractivity contribution in [1.29, 1.82) is 0 Å². The van der Waals surface area contributed by atoms with Gasteiger partial charge in [0.25, 0.3) is 0 Å². The van der Waals surface area contributed by atoms with Crippen LogP contribution in [0, 0.1) is 6.92 Å². The van der Waals surface area contributed by atoms with Gasteiger partial charge in [0.2, 0.25) is 0 Å². The van der Waals surface area contributed by atoms with Gasteiger partial charge in [-0.2, -0.15) is 0 Å². The Labute approximate surface area is 128 Å². The highest BCUT2D eigenvalue weighted by Gasteiger charge is 2.02. The van der Waals surface area contributed by atoms with Gasteiger partial charge >= 0.3 is 0 Å². The lowest BCUT2D eigenvalue weighted by Gasteiger charge is -2.13. The van der Waals surface area contributed by atoms with Gasteiger partial charge in [0, 0.05) is 31.7 Å². The second-order valence-corrected chi connectivity index (χ2v) is 4.80. The summed E-state index contributed by atoms with van der Waals surface area (Å²) in [6, 6.07) is 10.6. The number of aryl methyl sites for hydroxylation is 1. The number of nitrogens with one attached hydrogen (secondary N) is 1. The van der Waals surface area contributed by atoms with Crippen molar-refractivity contribution < 1.29 is 0 Å². The van der Waals surface area contributed by atoms with Crippen LogP contribution < -0.4 is 4.90 Å². The van der Waals surface area contributed by atoms with Crippen molar-refractivity contribution in [3.05, 3.63) is 66.0 Å². The predicted molar refractivity (Wildman–Crippen MR) is 95.7 cm³/mol. The summed E-state index contributed by atoms with van der Waals surface area (Å²) in [5, 5.41) is 0. The van der Waals surface area contributed by atoms with Crippen molar-refractivity contribution in [3.8, 4) is 0 Å². The monoisotopic (exact) mass is 282 g/mol. The Morgan fingerprint density at radius 3 is 2.14 bits per heavy atom. The first-order valence-corrected chi connectivity index (χ1v) is 7.37. The zero-order valence-electron chi connectivity index (χ0n) is 13.8. The van der Waals surface area contributed by atoms with Crippen LogP contribution in [0.2, 0.25) is 0 Å². The number of hydrogen-bond donors (Lipinski definition) is 1. The maximum absolute atomic E-state index is 3.92. The van der Waals surface area contributed by atoms with E-state index in [1.165, 1.54) is 22.5 Å². The Hall–Kier alpha value is -2.22. The first-order valence-electron chi connectivity index (χ1n) is 7.37. The molecule has 112 valence electrons. The minimum Gasteiger partial charge on any atom is -0.378 e. The highest BCUT2D eigenvalue weighted by atomic mass is 15.1. The quantitative estimate of drug-likeness (QED) is 0.769. The van der Waals surface area contributed by atoms with E-state index in [1.807, 2.05) is 40.2 Å². The Kier molecular flexibility index (Phi) is 6.54. The summed E-state index contributed by atoms with van der Waals surface area (Å²) >= 11 is 0. The first kappa shape index (κ1) is 16.8. The van der Waals surface area contributed by atoms with Gasteiger partial charge in [-0.05, 0) is 47.9 Å². The molecule has 0 atom stereocenters. The predicted octanol–water partition coefficient (Wildman–Crippen LogP) is 5.14. The Balaban J connectivity index is 0.00000106. The molecule has 0 bridgehead atoms. The second kappa shape index (κ2) is 8.15. The average Bonchev–Trinajstić information content (AvgIpc) is 2.92. The molecule has 0 saturated heterocycles. The molecule has 0 radical (unpaired) electrons. The van der Waals surface area contributed by atoms with Crippen LogP contribution in [0.15, 0.2) is 49.2 Å². The Bertz CT molecular complexity index is 586.